The Morgan fingerprint density at radius 1 is 1.38 bits per heavy atom. The van der Waals surface area contributed by atoms with Crippen LogP contribution in [0.1, 0.15) is 5.82 Å². The lowest BCUT2D eigenvalue weighted by Crippen LogP contribution is -2.27. The summed E-state index contributed by atoms with van der Waals surface area (Å²) in [4.78, 5) is 4.85. The van der Waals surface area contributed by atoms with Gasteiger partial charge in [0.1, 0.15) is 6.33 Å². The highest BCUT2D eigenvalue weighted by molar-refractivity contribution is 8.00. The standard InChI is InChI=1S/C12H17N5O2S2/c1-17-9-14-12(16-17)8-15-21(18,19)7-6-20-11-5-3-2-4-10(11)13/h2-5,9,15H,6-8,13H2,1H3. The second-order valence-electron chi connectivity index (χ2n) is 4.36. The number of nitrogens with one attached hydrogen (secondary N) is 1. The van der Waals surface area contributed by atoms with Crippen molar-refractivity contribution in [3.05, 3.63) is 36.4 Å². The zero-order chi connectivity index (χ0) is 15.3. The molecule has 0 aliphatic rings. The summed E-state index contributed by atoms with van der Waals surface area (Å²) in [6.45, 7) is 0.0985. The average molecular weight is 327 g/mol. The molecule has 2 aromatic rings. The van der Waals surface area contributed by atoms with Crippen LogP contribution < -0.4 is 10.5 Å². The number of hydrogen-bond acceptors (Lipinski definition) is 6. The molecule has 2 rings (SSSR count). The molecular formula is C12H17N5O2S2. The van der Waals surface area contributed by atoms with E-state index in [4.69, 9.17) is 5.73 Å². The predicted molar refractivity (Wildman–Crippen MR) is 83.2 cm³/mol. The zero-order valence-corrected chi connectivity index (χ0v) is 13.2. The van der Waals surface area contributed by atoms with Gasteiger partial charge in [-0.2, -0.15) is 5.10 Å². The van der Waals surface area contributed by atoms with Crippen molar-refractivity contribution in [1.82, 2.24) is 19.5 Å². The molecular weight excluding hydrogens is 310 g/mol. The maximum atomic E-state index is 11.9. The predicted octanol–water partition coefficient (Wildman–Crippen LogP) is 0.609. The smallest absolute Gasteiger partial charge is 0.212 e. The number of nitrogen functional groups attached to an aromatic ring is 1. The minimum atomic E-state index is -3.35. The highest BCUT2D eigenvalue weighted by Crippen LogP contribution is 2.24. The van der Waals surface area contributed by atoms with Crippen LogP contribution in [0, 0.1) is 0 Å². The number of sulfonamides is 1. The molecule has 0 amide bonds. The van der Waals surface area contributed by atoms with E-state index >= 15 is 0 Å². The number of aryl methyl sites for hydroxylation is 1. The van der Waals surface area contributed by atoms with Gasteiger partial charge in [0.2, 0.25) is 10.0 Å². The van der Waals surface area contributed by atoms with E-state index in [0.717, 1.165) is 4.90 Å². The van der Waals surface area contributed by atoms with Crippen LogP contribution in [0.3, 0.4) is 0 Å². The van der Waals surface area contributed by atoms with Crippen LogP contribution in [0.4, 0.5) is 5.69 Å². The van der Waals surface area contributed by atoms with Gasteiger partial charge < -0.3 is 5.73 Å². The Labute approximate surface area is 128 Å². The summed E-state index contributed by atoms with van der Waals surface area (Å²) in [5, 5.41) is 4.01. The molecule has 0 saturated carbocycles. The van der Waals surface area contributed by atoms with Crippen molar-refractivity contribution in [3.8, 4) is 0 Å². The minimum absolute atomic E-state index is 0.0127. The van der Waals surface area contributed by atoms with Gasteiger partial charge in [-0.25, -0.2) is 18.1 Å². The van der Waals surface area contributed by atoms with Crippen molar-refractivity contribution < 1.29 is 8.42 Å². The first-order valence-electron chi connectivity index (χ1n) is 6.25. The van der Waals surface area contributed by atoms with E-state index in [2.05, 4.69) is 14.8 Å². The molecule has 0 aliphatic carbocycles. The lowest BCUT2D eigenvalue weighted by atomic mass is 10.3. The number of nitrogens with zero attached hydrogens (tertiary/aromatic N) is 3. The summed E-state index contributed by atoms with van der Waals surface area (Å²) in [7, 11) is -1.63. The van der Waals surface area contributed by atoms with Crippen molar-refractivity contribution in [1.29, 1.82) is 0 Å². The number of hydrogen-bond donors (Lipinski definition) is 2. The van der Waals surface area contributed by atoms with Crippen LogP contribution in [-0.2, 0) is 23.6 Å². The largest absolute Gasteiger partial charge is 0.398 e. The van der Waals surface area contributed by atoms with Gasteiger partial charge in [0.15, 0.2) is 5.82 Å². The summed E-state index contributed by atoms with van der Waals surface area (Å²) in [5.74, 6) is 0.888. The van der Waals surface area contributed by atoms with Crippen LogP contribution in [-0.4, -0.2) is 34.7 Å². The highest BCUT2D eigenvalue weighted by Gasteiger charge is 2.12. The van der Waals surface area contributed by atoms with Gasteiger partial charge in [-0.05, 0) is 12.1 Å². The summed E-state index contributed by atoms with van der Waals surface area (Å²) in [6, 6.07) is 7.38. The first-order chi connectivity index (χ1) is 9.96. The Bertz CT molecular complexity index is 699. The van der Waals surface area contributed by atoms with Gasteiger partial charge in [-0.15, -0.1) is 11.8 Å². The molecule has 7 nitrogen and oxygen atoms in total. The molecule has 0 aliphatic heterocycles. The topological polar surface area (TPSA) is 103 Å². The third-order valence-electron chi connectivity index (χ3n) is 2.63. The molecule has 1 aromatic carbocycles. The van der Waals surface area contributed by atoms with Gasteiger partial charge in [-0.1, -0.05) is 12.1 Å². The third-order valence-corrected chi connectivity index (χ3v) is 5.30. The minimum Gasteiger partial charge on any atom is -0.398 e. The first-order valence-corrected chi connectivity index (χ1v) is 8.89. The molecule has 9 heteroatoms. The summed E-state index contributed by atoms with van der Waals surface area (Å²) in [5.41, 5.74) is 6.46. The lowest BCUT2D eigenvalue weighted by Gasteiger charge is -2.06. The van der Waals surface area contributed by atoms with E-state index in [1.165, 1.54) is 22.8 Å². The molecule has 114 valence electrons. The van der Waals surface area contributed by atoms with E-state index in [1.807, 2.05) is 18.2 Å². The number of nitrogens with two attached hydrogens (primary N) is 1. The molecule has 0 fully saturated rings. The number of para-hydroxylation sites is 1. The summed E-state index contributed by atoms with van der Waals surface area (Å²) in [6.07, 6.45) is 1.53. The maximum absolute atomic E-state index is 11.9. The molecule has 0 bridgehead atoms. The quantitative estimate of drug-likeness (QED) is 0.570. The Kier molecular flexibility index (Phi) is 5.21. The summed E-state index contributed by atoms with van der Waals surface area (Å²) >= 11 is 1.42. The molecule has 0 radical (unpaired) electrons. The molecule has 0 atom stereocenters. The number of aromatic nitrogens is 3. The van der Waals surface area contributed by atoms with Crippen molar-refractivity contribution in [2.45, 2.75) is 11.4 Å². The Balaban J connectivity index is 1.80. The fourth-order valence-electron chi connectivity index (χ4n) is 1.58. The SMILES string of the molecule is Cn1cnc(CNS(=O)(=O)CCSc2ccccc2N)n1. The molecule has 0 saturated heterocycles. The van der Waals surface area contributed by atoms with Crippen molar-refractivity contribution in [2.24, 2.45) is 7.05 Å². The number of anilines is 1. The van der Waals surface area contributed by atoms with E-state index < -0.39 is 10.0 Å². The van der Waals surface area contributed by atoms with E-state index in [0.29, 0.717) is 17.3 Å². The van der Waals surface area contributed by atoms with E-state index in [-0.39, 0.29) is 12.3 Å². The second kappa shape index (κ2) is 6.92. The molecule has 1 aromatic heterocycles. The number of benzene rings is 1. The highest BCUT2D eigenvalue weighted by atomic mass is 32.2. The lowest BCUT2D eigenvalue weighted by molar-refractivity contribution is 0.580. The maximum Gasteiger partial charge on any atom is 0.212 e. The van der Waals surface area contributed by atoms with E-state index in [1.54, 1.807) is 13.1 Å². The van der Waals surface area contributed by atoms with Gasteiger partial charge in [0, 0.05) is 23.4 Å². The van der Waals surface area contributed by atoms with Crippen LogP contribution in [0.15, 0.2) is 35.5 Å². The third kappa shape index (κ3) is 5.03. The van der Waals surface area contributed by atoms with Crippen molar-refractivity contribution in [3.63, 3.8) is 0 Å². The number of thioether (sulfide) groups is 1. The fourth-order valence-corrected chi connectivity index (χ4v) is 3.92. The Morgan fingerprint density at radius 2 is 2.14 bits per heavy atom. The van der Waals surface area contributed by atoms with Crippen molar-refractivity contribution in [2.75, 3.05) is 17.2 Å². The molecule has 3 N–H and O–H groups in total. The fraction of sp³-hybridized carbons (Fsp3) is 0.333. The van der Waals surface area contributed by atoms with Crippen molar-refractivity contribution >= 4 is 27.5 Å². The van der Waals surface area contributed by atoms with Crippen LogP contribution >= 0.6 is 11.8 Å². The normalized spacial score (nSPS) is 11.7. The molecule has 1 heterocycles. The monoisotopic (exact) mass is 327 g/mol. The first kappa shape index (κ1) is 15.8. The molecule has 0 spiro atoms. The second-order valence-corrected chi connectivity index (χ2v) is 7.42. The van der Waals surface area contributed by atoms with E-state index in [9.17, 15) is 8.42 Å². The summed E-state index contributed by atoms with van der Waals surface area (Å²) < 4.78 is 27.7. The van der Waals surface area contributed by atoms with Gasteiger partial charge in [0.05, 0.1) is 12.3 Å². The Morgan fingerprint density at radius 3 is 2.81 bits per heavy atom. The van der Waals surface area contributed by atoms with Gasteiger partial charge >= 0.3 is 0 Å². The van der Waals surface area contributed by atoms with Gasteiger partial charge in [0.25, 0.3) is 0 Å². The average Bonchev–Trinajstić information content (AvgIpc) is 2.85. The van der Waals surface area contributed by atoms with Gasteiger partial charge in [-0.3, -0.25) is 4.68 Å². The zero-order valence-electron chi connectivity index (χ0n) is 11.6. The molecule has 21 heavy (non-hydrogen) atoms. The number of rotatable bonds is 7. The van der Waals surface area contributed by atoms with Crippen LogP contribution in [0.25, 0.3) is 0 Å². The van der Waals surface area contributed by atoms with Crippen LogP contribution in [0.2, 0.25) is 0 Å². The van der Waals surface area contributed by atoms with Crippen LogP contribution in [0.5, 0.6) is 0 Å². The molecule has 0 unspecified atom stereocenters. The Hall–Kier alpha value is -1.58.